The van der Waals surface area contributed by atoms with E-state index in [-0.39, 0.29) is 13.2 Å². The average Bonchev–Trinajstić information content (AvgIpc) is 2.42. The van der Waals surface area contributed by atoms with Gasteiger partial charge in [0, 0.05) is 13.2 Å². The van der Waals surface area contributed by atoms with E-state index in [4.69, 9.17) is 19.9 Å². The monoisotopic (exact) mass is 255 g/mol. The van der Waals surface area contributed by atoms with Crippen molar-refractivity contribution in [3.63, 3.8) is 0 Å². The van der Waals surface area contributed by atoms with Crippen LogP contribution in [0.25, 0.3) is 0 Å². The molecule has 18 heavy (non-hydrogen) atoms. The van der Waals surface area contributed by atoms with Gasteiger partial charge in [0.25, 0.3) is 0 Å². The third-order valence-electron chi connectivity index (χ3n) is 2.41. The summed E-state index contributed by atoms with van der Waals surface area (Å²) in [4.78, 5) is 0. The molecule has 0 saturated carbocycles. The Morgan fingerprint density at radius 1 is 1.28 bits per heavy atom. The summed E-state index contributed by atoms with van der Waals surface area (Å²) in [6.45, 7) is 3.30. The lowest BCUT2D eigenvalue weighted by Crippen LogP contribution is -2.23. The molecule has 0 amide bonds. The van der Waals surface area contributed by atoms with Gasteiger partial charge in [-0.25, -0.2) is 0 Å². The molecule has 0 fully saturated rings. The number of methoxy groups -OCH3 is 1. The minimum absolute atomic E-state index is 0.157. The van der Waals surface area contributed by atoms with Crippen LogP contribution in [0.5, 0.6) is 11.5 Å². The maximum atomic E-state index is 9.62. The van der Waals surface area contributed by atoms with E-state index in [2.05, 4.69) is 0 Å². The highest BCUT2D eigenvalue weighted by molar-refractivity contribution is 5.42. The van der Waals surface area contributed by atoms with Crippen LogP contribution in [0.1, 0.15) is 12.5 Å². The molecule has 5 heteroatoms. The van der Waals surface area contributed by atoms with Crippen molar-refractivity contribution in [3.05, 3.63) is 23.8 Å². The number of hydrogen-bond acceptors (Lipinski definition) is 5. The van der Waals surface area contributed by atoms with Crippen LogP contribution in [0.4, 0.5) is 0 Å². The van der Waals surface area contributed by atoms with Crippen molar-refractivity contribution in [1.82, 2.24) is 0 Å². The first kappa shape index (κ1) is 14.8. The number of benzene rings is 1. The number of aliphatic hydroxyl groups excluding tert-OH is 1. The van der Waals surface area contributed by atoms with Crippen molar-refractivity contribution in [2.45, 2.75) is 19.6 Å². The van der Waals surface area contributed by atoms with E-state index in [1.54, 1.807) is 13.2 Å². The summed E-state index contributed by atoms with van der Waals surface area (Å²) in [5, 5.41) is 9.62. The summed E-state index contributed by atoms with van der Waals surface area (Å²) in [6.07, 6.45) is -0.656. The summed E-state index contributed by atoms with van der Waals surface area (Å²) in [7, 11) is 1.57. The van der Waals surface area contributed by atoms with Crippen LogP contribution in [0.15, 0.2) is 18.2 Å². The Kier molecular flexibility index (Phi) is 6.49. The molecule has 0 aliphatic heterocycles. The molecule has 0 radical (unpaired) electrons. The van der Waals surface area contributed by atoms with Gasteiger partial charge in [-0.1, -0.05) is 6.07 Å². The second-order valence-electron chi connectivity index (χ2n) is 3.81. The van der Waals surface area contributed by atoms with Gasteiger partial charge in [0.15, 0.2) is 11.5 Å². The second kappa shape index (κ2) is 7.92. The molecule has 1 aromatic carbocycles. The van der Waals surface area contributed by atoms with Gasteiger partial charge in [0.2, 0.25) is 0 Å². The zero-order valence-corrected chi connectivity index (χ0v) is 10.9. The highest BCUT2D eigenvalue weighted by atomic mass is 16.5. The van der Waals surface area contributed by atoms with Crippen LogP contribution < -0.4 is 15.2 Å². The van der Waals surface area contributed by atoms with Gasteiger partial charge >= 0.3 is 0 Å². The topological polar surface area (TPSA) is 73.9 Å². The fraction of sp³-hybridized carbons (Fsp3) is 0.538. The van der Waals surface area contributed by atoms with Crippen molar-refractivity contribution in [2.75, 3.05) is 26.9 Å². The summed E-state index contributed by atoms with van der Waals surface area (Å²) in [6, 6.07) is 5.49. The van der Waals surface area contributed by atoms with Crippen LogP contribution in [0.3, 0.4) is 0 Å². The fourth-order valence-corrected chi connectivity index (χ4v) is 1.45. The van der Waals surface area contributed by atoms with E-state index in [9.17, 15) is 5.11 Å². The Labute approximate surface area is 107 Å². The number of nitrogens with two attached hydrogens (primary N) is 1. The Balaban J connectivity index is 2.59. The molecule has 1 aromatic rings. The van der Waals surface area contributed by atoms with Crippen molar-refractivity contribution >= 4 is 0 Å². The lowest BCUT2D eigenvalue weighted by atomic mass is 10.2. The summed E-state index contributed by atoms with van der Waals surface area (Å²) in [5.74, 6) is 1.20. The van der Waals surface area contributed by atoms with Crippen LogP contribution in [0, 0.1) is 0 Å². The molecule has 1 unspecified atom stereocenters. The molecule has 0 aliphatic carbocycles. The van der Waals surface area contributed by atoms with Gasteiger partial charge in [0.05, 0.1) is 13.7 Å². The van der Waals surface area contributed by atoms with Gasteiger partial charge in [-0.3, -0.25) is 0 Å². The first-order valence-corrected chi connectivity index (χ1v) is 5.96. The number of rotatable bonds is 8. The number of ether oxygens (including phenoxy) is 3. The second-order valence-corrected chi connectivity index (χ2v) is 3.81. The largest absolute Gasteiger partial charge is 0.493 e. The van der Waals surface area contributed by atoms with Crippen LogP contribution in [-0.4, -0.2) is 38.1 Å². The smallest absolute Gasteiger partial charge is 0.161 e. The van der Waals surface area contributed by atoms with Crippen molar-refractivity contribution < 1.29 is 19.3 Å². The molecule has 102 valence electrons. The molecule has 0 bridgehead atoms. The molecule has 0 heterocycles. The molecule has 1 atom stereocenters. The zero-order valence-electron chi connectivity index (χ0n) is 10.9. The van der Waals surface area contributed by atoms with Gasteiger partial charge in [0.1, 0.15) is 12.7 Å². The Morgan fingerprint density at radius 3 is 2.67 bits per heavy atom. The molecular weight excluding hydrogens is 234 g/mol. The average molecular weight is 255 g/mol. The third kappa shape index (κ3) is 4.52. The summed E-state index contributed by atoms with van der Waals surface area (Å²) >= 11 is 0. The predicted octanol–water partition coefficient (Wildman–Crippen LogP) is 0.930. The number of hydrogen-bond donors (Lipinski definition) is 2. The SMILES string of the molecule is CCOCC(O)COc1cc(CN)ccc1OC. The quantitative estimate of drug-likeness (QED) is 0.723. The third-order valence-corrected chi connectivity index (χ3v) is 2.41. The van der Waals surface area contributed by atoms with Crippen LogP contribution in [-0.2, 0) is 11.3 Å². The standard InChI is InChI=1S/C13H21NO4/c1-3-17-8-11(15)9-18-13-6-10(7-14)4-5-12(13)16-2/h4-6,11,15H,3,7-9,14H2,1-2H3. The minimum Gasteiger partial charge on any atom is -0.493 e. The summed E-state index contributed by atoms with van der Waals surface area (Å²) < 4.78 is 15.8. The lowest BCUT2D eigenvalue weighted by Gasteiger charge is -2.15. The fourth-order valence-electron chi connectivity index (χ4n) is 1.45. The molecule has 0 spiro atoms. The Bertz CT molecular complexity index is 357. The Hall–Kier alpha value is -1.30. The van der Waals surface area contributed by atoms with Crippen molar-refractivity contribution in [2.24, 2.45) is 5.73 Å². The van der Waals surface area contributed by atoms with Gasteiger partial charge < -0.3 is 25.1 Å². The predicted molar refractivity (Wildman–Crippen MR) is 68.9 cm³/mol. The van der Waals surface area contributed by atoms with Gasteiger partial charge in [-0.2, -0.15) is 0 Å². The maximum Gasteiger partial charge on any atom is 0.161 e. The molecule has 1 rings (SSSR count). The van der Waals surface area contributed by atoms with Crippen molar-refractivity contribution in [1.29, 1.82) is 0 Å². The molecule has 0 aromatic heterocycles. The molecule has 0 aliphatic rings. The molecular formula is C13H21NO4. The highest BCUT2D eigenvalue weighted by Gasteiger charge is 2.09. The van der Waals surface area contributed by atoms with E-state index in [1.165, 1.54) is 0 Å². The first-order chi connectivity index (χ1) is 8.71. The Morgan fingerprint density at radius 2 is 2.06 bits per heavy atom. The van der Waals surface area contributed by atoms with Gasteiger partial charge in [-0.05, 0) is 24.6 Å². The highest BCUT2D eigenvalue weighted by Crippen LogP contribution is 2.28. The van der Waals surface area contributed by atoms with Crippen LogP contribution >= 0.6 is 0 Å². The first-order valence-electron chi connectivity index (χ1n) is 5.96. The van der Waals surface area contributed by atoms with Crippen molar-refractivity contribution in [3.8, 4) is 11.5 Å². The zero-order chi connectivity index (χ0) is 13.4. The van der Waals surface area contributed by atoms with E-state index >= 15 is 0 Å². The van der Waals surface area contributed by atoms with E-state index in [1.807, 2.05) is 19.1 Å². The summed E-state index contributed by atoms with van der Waals surface area (Å²) in [5.41, 5.74) is 6.52. The van der Waals surface area contributed by atoms with Gasteiger partial charge in [-0.15, -0.1) is 0 Å². The van der Waals surface area contributed by atoms with E-state index in [0.717, 1.165) is 5.56 Å². The molecule has 5 nitrogen and oxygen atoms in total. The lowest BCUT2D eigenvalue weighted by molar-refractivity contribution is 0.0159. The number of aliphatic hydroxyl groups is 1. The molecule has 0 saturated heterocycles. The maximum absolute atomic E-state index is 9.62. The van der Waals surface area contributed by atoms with E-state index < -0.39 is 6.10 Å². The normalized spacial score (nSPS) is 12.2. The minimum atomic E-state index is -0.656. The van der Waals surface area contributed by atoms with E-state index in [0.29, 0.717) is 24.7 Å². The van der Waals surface area contributed by atoms with Crippen LogP contribution in [0.2, 0.25) is 0 Å². The molecule has 3 N–H and O–H groups in total.